The van der Waals surface area contributed by atoms with Gasteiger partial charge in [0.25, 0.3) is 5.91 Å². The van der Waals surface area contributed by atoms with E-state index in [0.29, 0.717) is 6.54 Å². The van der Waals surface area contributed by atoms with Gasteiger partial charge in [-0.2, -0.15) is 0 Å². The first-order valence-electron chi connectivity index (χ1n) is 8.99. The number of nitrogens with one attached hydrogen (secondary N) is 1. The maximum absolute atomic E-state index is 13.1. The van der Waals surface area contributed by atoms with Crippen LogP contribution in [0.25, 0.3) is 10.4 Å². The summed E-state index contributed by atoms with van der Waals surface area (Å²) in [5.74, 6) is -0.375. The van der Waals surface area contributed by atoms with Crippen LogP contribution in [0.15, 0.2) is 42.0 Å². The van der Waals surface area contributed by atoms with Crippen LogP contribution >= 0.6 is 0 Å². The molecule has 1 saturated heterocycles. The fourth-order valence-corrected chi connectivity index (χ4v) is 3.83. The molecule has 8 heteroatoms. The molecule has 2 amide bonds. The minimum atomic E-state index is -0.710. The highest BCUT2D eigenvalue weighted by Gasteiger charge is 2.39. The van der Waals surface area contributed by atoms with Crippen LogP contribution in [0.3, 0.4) is 0 Å². The van der Waals surface area contributed by atoms with E-state index in [9.17, 15) is 9.59 Å². The summed E-state index contributed by atoms with van der Waals surface area (Å²) in [7, 11) is 0. The van der Waals surface area contributed by atoms with Gasteiger partial charge in [-0.3, -0.25) is 9.59 Å². The van der Waals surface area contributed by atoms with Crippen LogP contribution in [0.5, 0.6) is 0 Å². The number of carbonyl (C=O) groups is 2. The minimum absolute atomic E-state index is 0.128. The highest BCUT2D eigenvalue weighted by molar-refractivity contribution is 5.82. The molecule has 1 fully saturated rings. The second-order valence-corrected chi connectivity index (χ2v) is 6.80. The molecule has 1 aromatic rings. The average Bonchev–Trinajstić information content (AvgIpc) is 2.67. The molecular formula is C19H23N5O3. The lowest BCUT2D eigenvalue weighted by Crippen LogP contribution is -2.54. The summed E-state index contributed by atoms with van der Waals surface area (Å²) in [5.41, 5.74) is 11.1. The number of amides is 2. The van der Waals surface area contributed by atoms with E-state index in [-0.39, 0.29) is 30.9 Å². The smallest absolute Gasteiger partial charge is 0.252 e. The number of rotatable bonds is 4. The number of nitrogens with zero attached hydrogens (tertiary/aromatic N) is 4. The molecule has 27 heavy (non-hydrogen) atoms. The predicted molar refractivity (Wildman–Crippen MR) is 99.7 cm³/mol. The Kier molecular flexibility index (Phi) is 5.78. The number of fused-ring (bicyclic) bond motifs is 1. The van der Waals surface area contributed by atoms with Gasteiger partial charge < -0.3 is 15.0 Å². The van der Waals surface area contributed by atoms with Crippen LogP contribution in [0, 0.1) is 0 Å². The molecule has 1 N–H and O–H groups in total. The zero-order chi connectivity index (χ0) is 19.4. The molecule has 0 bridgehead atoms. The Morgan fingerprint density at radius 2 is 2.22 bits per heavy atom. The molecule has 4 atom stereocenters. The van der Waals surface area contributed by atoms with E-state index in [1.165, 1.54) is 12.5 Å². The number of ether oxygens (including phenoxy) is 1. The Morgan fingerprint density at radius 3 is 2.93 bits per heavy atom. The largest absolute Gasteiger partial charge is 0.366 e. The van der Waals surface area contributed by atoms with E-state index in [4.69, 9.17) is 10.3 Å². The summed E-state index contributed by atoms with van der Waals surface area (Å²) >= 11 is 0. The Labute approximate surface area is 157 Å². The lowest BCUT2D eigenvalue weighted by Gasteiger charge is -2.40. The number of hydrogen-bond acceptors (Lipinski definition) is 4. The molecule has 0 spiro atoms. The summed E-state index contributed by atoms with van der Waals surface area (Å²) < 4.78 is 5.74. The molecule has 3 rings (SSSR count). The monoisotopic (exact) mass is 369 g/mol. The van der Waals surface area contributed by atoms with Crippen molar-refractivity contribution in [1.82, 2.24) is 10.2 Å². The van der Waals surface area contributed by atoms with Crippen LogP contribution in [-0.2, 0) is 20.7 Å². The van der Waals surface area contributed by atoms with Crippen molar-refractivity contribution in [2.75, 3.05) is 13.2 Å². The summed E-state index contributed by atoms with van der Waals surface area (Å²) in [6.45, 7) is 6.00. The summed E-state index contributed by atoms with van der Waals surface area (Å²) in [4.78, 5) is 29.1. The SMILES string of the molecule is C=C[C@H]1c2ccccc2CCN1C(=O)[C@H]1CC(N=[N+]=[N-])[C@@H](NC(C)=O)CO1. The van der Waals surface area contributed by atoms with E-state index >= 15 is 0 Å². The number of hydrogen-bond donors (Lipinski definition) is 1. The van der Waals surface area contributed by atoms with Crippen LogP contribution in [0.4, 0.5) is 0 Å². The second kappa shape index (κ2) is 8.24. The zero-order valence-electron chi connectivity index (χ0n) is 15.2. The predicted octanol–water partition coefficient (Wildman–Crippen LogP) is 2.27. The standard InChI is InChI=1S/C19H23N5O3/c1-3-17-14-7-5-4-6-13(14)8-9-24(17)19(26)18-10-15(22-23-20)16(11-27-18)21-12(2)25/h3-7,15-18H,1,8-11H2,2H3,(H,21,25)/t15?,16-,17-,18+/m0/s1. The van der Waals surface area contributed by atoms with E-state index in [1.807, 2.05) is 18.2 Å². The Bertz CT molecular complexity index is 789. The Morgan fingerprint density at radius 1 is 1.44 bits per heavy atom. The summed E-state index contributed by atoms with van der Waals surface area (Å²) in [6, 6.07) is 6.86. The molecule has 1 aromatic carbocycles. The minimum Gasteiger partial charge on any atom is -0.366 e. The number of benzene rings is 1. The number of azide groups is 1. The molecule has 2 aliphatic rings. The first-order valence-corrected chi connectivity index (χ1v) is 8.99. The van der Waals surface area contributed by atoms with E-state index in [1.54, 1.807) is 11.0 Å². The molecule has 0 radical (unpaired) electrons. The van der Waals surface area contributed by atoms with Gasteiger partial charge in [-0.1, -0.05) is 35.5 Å². The molecule has 8 nitrogen and oxygen atoms in total. The quantitative estimate of drug-likeness (QED) is 0.381. The van der Waals surface area contributed by atoms with Gasteiger partial charge in [-0.05, 0) is 29.5 Å². The van der Waals surface area contributed by atoms with Crippen molar-refractivity contribution in [3.05, 3.63) is 58.5 Å². The molecule has 2 aliphatic heterocycles. The molecule has 2 heterocycles. The van der Waals surface area contributed by atoms with E-state index in [0.717, 1.165) is 12.0 Å². The second-order valence-electron chi connectivity index (χ2n) is 6.80. The first kappa shape index (κ1) is 18.9. The van der Waals surface area contributed by atoms with Gasteiger partial charge in [-0.25, -0.2) is 0 Å². The van der Waals surface area contributed by atoms with Gasteiger partial charge in [0.1, 0.15) is 6.10 Å². The van der Waals surface area contributed by atoms with Gasteiger partial charge in [0, 0.05) is 18.4 Å². The van der Waals surface area contributed by atoms with E-state index in [2.05, 4.69) is 28.0 Å². The van der Waals surface area contributed by atoms with Crippen LogP contribution < -0.4 is 5.32 Å². The van der Waals surface area contributed by atoms with Crippen molar-refractivity contribution in [1.29, 1.82) is 0 Å². The zero-order valence-corrected chi connectivity index (χ0v) is 15.2. The molecule has 0 saturated carbocycles. The molecule has 0 aliphatic carbocycles. The van der Waals surface area contributed by atoms with Gasteiger partial charge in [-0.15, -0.1) is 6.58 Å². The van der Waals surface area contributed by atoms with Gasteiger partial charge in [0.15, 0.2) is 0 Å². The van der Waals surface area contributed by atoms with Gasteiger partial charge in [0.2, 0.25) is 5.91 Å². The van der Waals surface area contributed by atoms with Crippen molar-refractivity contribution in [3.8, 4) is 0 Å². The van der Waals surface area contributed by atoms with Crippen molar-refractivity contribution < 1.29 is 14.3 Å². The van der Waals surface area contributed by atoms with E-state index < -0.39 is 18.2 Å². The first-order chi connectivity index (χ1) is 13.0. The third-order valence-corrected chi connectivity index (χ3v) is 5.10. The van der Waals surface area contributed by atoms with Crippen molar-refractivity contribution in [2.24, 2.45) is 5.11 Å². The van der Waals surface area contributed by atoms with Crippen molar-refractivity contribution >= 4 is 11.8 Å². The van der Waals surface area contributed by atoms with Crippen molar-refractivity contribution in [2.45, 2.75) is 44.0 Å². The highest BCUT2D eigenvalue weighted by atomic mass is 16.5. The molecule has 142 valence electrons. The Balaban J connectivity index is 1.77. The maximum Gasteiger partial charge on any atom is 0.252 e. The number of carbonyl (C=O) groups excluding carboxylic acids is 2. The molecule has 0 aromatic heterocycles. The molecular weight excluding hydrogens is 346 g/mol. The third-order valence-electron chi connectivity index (χ3n) is 5.10. The lowest BCUT2D eigenvalue weighted by atomic mass is 9.91. The maximum atomic E-state index is 13.1. The fourth-order valence-electron chi connectivity index (χ4n) is 3.83. The average molecular weight is 369 g/mol. The highest BCUT2D eigenvalue weighted by Crippen LogP contribution is 2.32. The van der Waals surface area contributed by atoms with Crippen LogP contribution in [0.1, 0.15) is 30.5 Å². The topological polar surface area (TPSA) is 107 Å². The summed E-state index contributed by atoms with van der Waals surface area (Å²) in [6.07, 6.45) is 2.06. The Hall–Kier alpha value is -2.83. The van der Waals surface area contributed by atoms with Gasteiger partial charge in [0.05, 0.1) is 24.7 Å². The lowest BCUT2D eigenvalue weighted by molar-refractivity contribution is -0.150. The molecule has 1 unspecified atom stereocenters. The van der Waals surface area contributed by atoms with Crippen LogP contribution in [-0.4, -0.2) is 48.1 Å². The fraction of sp³-hybridized carbons (Fsp3) is 0.474. The normalized spacial score (nSPS) is 27.1. The van der Waals surface area contributed by atoms with Crippen LogP contribution in [0.2, 0.25) is 0 Å². The summed E-state index contributed by atoms with van der Waals surface area (Å²) in [5, 5.41) is 6.48. The third kappa shape index (κ3) is 3.97. The van der Waals surface area contributed by atoms with Crippen molar-refractivity contribution in [3.63, 3.8) is 0 Å². The van der Waals surface area contributed by atoms with Gasteiger partial charge >= 0.3 is 0 Å².